The minimum Gasteiger partial charge on any atom is -0.455 e. The van der Waals surface area contributed by atoms with Gasteiger partial charge in [-0.05, 0) is 30.4 Å². The van der Waals surface area contributed by atoms with Crippen LogP contribution in [-0.4, -0.2) is 12.5 Å². The van der Waals surface area contributed by atoms with Crippen LogP contribution in [0.3, 0.4) is 0 Å². The van der Waals surface area contributed by atoms with E-state index in [1.807, 2.05) is 0 Å². The largest absolute Gasteiger partial charge is 0.455 e. The molecule has 0 spiro atoms. The minimum absolute atomic E-state index is 0.132. The molecule has 3 N–H and O–H groups in total. The van der Waals surface area contributed by atoms with Crippen LogP contribution in [0.15, 0.2) is 16.5 Å². The summed E-state index contributed by atoms with van der Waals surface area (Å²) >= 11 is 0. The van der Waals surface area contributed by atoms with Crippen molar-refractivity contribution in [2.45, 2.75) is 39.2 Å². The number of furan rings is 1. The van der Waals surface area contributed by atoms with E-state index in [1.165, 1.54) is 25.7 Å². The van der Waals surface area contributed by atoms with Crippen molar-refractivity contribution in [2.75, 3.05) is 6.54 Å². The van der Waals surface area contributed by atoms with Gasteiger partial charge in [-0.1, -0.05) is 26.2 Å². The maximum absolute atomic E-state index is 11.9. The Labute approximate surface area is 108 Å². The van der Waals surface area contributed by atoms with Gasteiger partial charge in [0, 0.05) is 6.54 Å². The van der Waals surface area contributed by atoms with E-state index in [9.17, 15) is 4.79 Å². The number of hydrogen-bond acceptors (Lipinski definition) is 3. The molecule has 2 atom stereocenters. The molecule has 1 fully saturated rings. The molecule has 2 unspecified atom stereocenters. The van der Waals surface area contributed by atoms with Crippen LogP contribution in [0.2, 0.25) is 0 Å². The van der Waals surface area contributed by atoms with Gasteiger partial charge in [0.2, 0.25) is 0 Å². The second kappa shape index (κ2) is 6.05. The van der Waals surface area contributed by atoms with Crippen molar-refractivity contribution in [1.82, 2.24) is 5.32 Å². The Morgan fingerprint density at radius 2 is 2.22 bits per heavy atom. The van der Waals surface area contributed by atoms with Gasteiger partial charge in [0.05, 0.1) is 6.54 Å². The lowest BCUT2D eigenvalue weighted by Gasteiger charge is -2.28. The highest BCUT2D eigenvalue weighted by atomic mass is 16.4. The quantitative estimate of drug-likeness (QED) is 0.861. The zero-order valence-corrected chi connectivity index (χ0v) is 10.9. The van der Waals surface area contributed by atoms with Gasteiger partial charge in [0.25, 0.3) is 5.91 Å². The second-order valence-corrected chi connectivity index (χ2v) is 5.20. The molecule has 0 aliphatic heterocycles. The van der Waals surface area contributed by atoms with Gasteiger partial charge in [-0.2, -0.15) is 0 Å². The van der Waals surface area contributed by atoms with Crippen LogP contribution in [-0.2, 0) is 6.54 Å². The SMILES string of the molecule is CC1CCCCC1CNC(=O)c1ccc(CN)o1. The van der Waals surface area contributed by atoms with Crippen molar-refractivity contribution in [2.24, 2.45) is 17.6 Å². The lowest BCUT2D eigenvalue weighted by Crippen LogP contribution is -2.33. The van der Waals surface area contributed by atoms with Crippen LogP contribution >= 0.6 is 0 Å². The lowest BCUT2D eigenvalue weighted by molar-refractivity contribution is 0.0907. The van der Waals surface area contributed by atoms with Crippen LogP contribution in [0.25, 0.3) is 0 Å². The molecule has 1 aromatic rings. The molecule has 1 saturated carbocycles. The van der Waals surface area contributed by atoms with E-state index in [1.54, 1.807) is 12.1 Å². The maximum atomic E-state index is 11.9. The molecule has 2 rings (SSSR count). The van der Waals surface area contributed by atoms with Gasteiger partial charge in [-0.25, -0.2) is 0 Å². The first-order valence-electron chi connectivity index (χ1n) is 6.77. The highest BCUT2D eigenvalue weighted by Crippen LogP contribution is 2.28. The minimum atomic E-state index is -0.132. The number of carbonyl (C=O) groups is 1. The van der Waals surface area contributed by atoms with E-state index in [0.717, 1.165) is 6.54 Å². The molecular formula is C14H22N2O2. The zero-order valence-electron chi connectivity index (χ0n) is 10.9. The fraction of sp³-hybridized carbons (Fsp3) is 0.643. The Morgan fingerprint density at radius 3 is 2.89 bits per heavy atom. The standard InChI is InChI=1S/C14H22N2O2/c1-10-4-2-3-5-11(10)9-16-14(17)13-7-6-12(8-15)18-13/h6-7,10-11H,2-5,8-9,15H2,1H3,(H,16,17). The third-order valence-electron chi connectivity index (χ3n) is 3.90. The van der Waals surface area contributed by atoms with Crippen molar-refractivity contribution in [3.05, 3.63) is 23.7 Å². The fourth-order valence-corrected chi connectivity index (χ4v) is 2.62. The van der Waals surface area contributed by atoms with E-state index in [4.69, 9.17) is 10.2 Å². The summed E-state index contributed by atoms with van der Waals surface area (Å²) < 4.78 is 5.32. The highest BCUT2D eigenvalue weighted by molar-refractivity contribution is 5.91. The summed E-state index contributed by atoms with van der Waals surface area (Å²) in [6, 6.07) is 3.43. The summed E-state index contributed by atoms with van der Waals surface area (Å²) in [4.78, 5) is 11.9. The third kappa shape index (κ3) is 3.13. The molecule has 1 heterocycles. The van der Waals surface area contributed by atoms with Crippen LogP contribution < -0.4 is 11.1 Å². The Kier molecular flexibility index (Phi) is 4.42. The van der Waals surface area contributed by atoms with E-state index in [2.05, 4.69) is 12.2 Å². The van der Waals surface area contributed by atoms with Crippen molar-refractivity contribution in [1.29, 1.82) is 0 Å². The molecule has 100 valence electrons. The maximum Gasteiger partial charge on any atom is 0.287 e. The first-order chi connectivity index (χ1) is 8.70. The van der Waals surface area contributed by atoms with Gasteiger partial charge in [-0.15, -0.1) is 0 Å². The Bertz CT molecular complexity index is 400. The Morgan fingerprint density at radius 1 is 1.44 bits per heavy atom. The zero-order chi connectivity index (χ0) is 13.0. The lowest BCUT2D eigenvalue weighted by atomic mass is 9.80. The molecular weight excluding hydrogens is 228 g/mol. The van der Waals surface area contributed by atoms with Gasteiger partial charge in [0.15, 0.2) is 5.76 Å². The number of carbonyl (C=O) groups excluding carboxylic acids is 1. The molecule has 1 aliphatic rings. The van der Waals surface area contributed by atoms with Crippen molar-refractivity contribution >= 4 is 5.91 Å². The Balaban J connectivity index is 1.84. The summed E-state index contributed by atoms with van der Waals surface area (Å²) in [5, 5.41) is 2.96. The van der Waals surface area contributed by atoms with E-state index >= 15 is 0 Å². The molecule has 1 aliphatic carbocycles. The molecule has 0 aromatic carbocycles. The van der Waals surface area contributed by atoms with Gasteiger partial charge < -0.3 is 15.5 Å². The number of amides is 1. The van der Waals surface area contributed by atoms with Crippen molar-refractivity contribution < 1.29 is 9.21 Å². The Hall–Kier alpha value is -1.29. The highest BCUT2D eigenvalue weighted by Gasteiger charge is 2.22. The molecule has 0 radical (unpaired) electrons. The van der Waals surface area contributed by atoms with Crippen molar-refractivity contribution in [3.63, 3.8) is 0 Å². The summed E-state index contributed by atoms with van der Waals surface area (Å²) in [6.45, 7) is 3.35. The number of nitrogens with one attached hydrogen (secondary N) is 1. The van der Waals surface area contributed by atoms with Gasteiger partial charge in [-0.3, -0.25) is 4.79 Å². The number of rotatable bonds is 4. The fourth-order valence-electron chi connectivity index (χ4n) is 2.62. The first kappa shape index (κ1) is 13.1. The van der Waals surface area contributed by atoms with E-state index in [-0.39, 0.29) is 5.91 Å². The molecule has 18 heavy (non-hydrogen) atoms. The molecule has 1 amide bonds. The molecule has 4 heteroatoms. The first-order valence-corrected chi connectivity index (χ1v) is 6.77. The van der Waals surface area contributed by atoms with Crippen molar-refractivity contribution in [3.8, 4) is 0 Å². The van der Waals surface area contributed by atoms with E-state index in [0.29, 0.717) is 29.9 Å². The van der Waals surface area contributed by atoms with Crippen LogP contribution in [0.4, 0.5) is 0 Å². The summed E-state index contributed by atoms with van der Waals surface area (Å²) in [6.07, 6.45) is 5.10. The number of hydrogen-bond donors (Lipinski definition) is 2. The average Bonchev–Trinajstić information content (AvgIpc) is 2.86. The summed E-state index contributed by atoms with van der Waals surface area (Å²) in [5.74, 6) is 2.18. The molecule has 1 aromatic heterocycles. The van der Waals surface area contributed by atoms with Crippen LogP contribution in [0, 0.1) is 11.8 Å². The second-order valence-electron chi connectivity index (χ2n) is 5.20. The van der Waals surface area contributed by atoms with E-state index < -0.39 is 0 Å². The summed E-state index contributed by atoms with van der Waals surface area (Å²) in [7, 11) is 0. The monoisotopic (exact) mass is 250 g/mol. The smallest absolute Gasteiger partial charge is 0.287 e. The predicted molar refractivity (Wildman–Crippen MR) is 70.1 cm³/mol. The topological polar surface area (TPSA) is 68.3 Å². The third-order valence-corrected chi connectivity index (χ3v) is 3.90. The number of nitrogens with two attached hydrogens (primary N) is 1. The molecule has 0 saturated heterocycles. The van der Waals surface area contributed by atoms with Gasteiger partial charge >= 0.3 is 0 Å². The predicted octanol–water partition coefficient (Wildman–Crippen LogP) is 2.29. The molecule has 0 bridgehead atoms. The van der Waals surface area contributed by atoms with Crippen LogP contribution in [0.1, 0.15) is 48.9 Å². The summed E-state index contributed by atoms with van der Waals surface area (Å²) in [5.41, 5.74) is 5.45. The normalized spacial score (nSPS) is 23.9. The average molecular weight is 250 g/mol. The molecule has 4 nitrogen and oxygen atoms in total. The van der Waals surface area contributed by atoms with Crippen LogP contribution in [0.5, 0.6) is 0 Å². The van der Waals surface area contributed by atoms with Gasteiger partial charge in [0.1, 0.15) is 5.76 Å².